The van der Waals surface area contributed by atoms with Crippen molar-refractivity contribution in [3.63, 3.8) is 0 Å². The molecule has 5 heterocycles. The number of halogens is 1. The third-order valence-electron chi connectivity index (χ3n) is 8.92. The summed E-state index contributed by atoms with van der Waals surface area (Å²) >= 11 is 6.41. The quantitative estimate of drug-likeness (QED) is 0.285. The monoisotopic (exact) mass is 605 g/mol. The average molecular weight is 606 g/mol. The number of morpholine rings is 1. The van der Waals surface area contributed by atoms with Gasteiger partial charge in [0.1, 0.15) is 30.2 Å². The fraction of sp³-hybridized carbons (Fsp3) is 0.500. The number of nitrogens with one attached hydrogen (secondary N) is 2. The van der Waals surface area contributed by atoms with Crippen molar-refractivity contribution in [2.45, 2.75) is 82.3 Å². The molecular formula is C30H36ClN9O3. The van der Waals surface area contributed by atoms with Crippen LogP contribution in [0.1, 0.15) is 51.5 Å². The molecule has 1 aliphatic carbocycles. The van der Waals surface area contributed by atoms with E-state index in [0.29, 0.717) is 47.1 Å². The smallest absolute Gasteiger partial charge is 0.287 e. The van der Waals surface area contributed by atoms with Crippen molar-refractivity contribution in [3.8, 4) is 16.9 Å². The Kier molecular flexibility index (Phi) is 7.89. The third kappa shape index (κ3) is 6.04. The number of aromatic amines is 1. The predicted molar refractivity (Wildman–Crippen MR) is 162 cm³/mol. The Balaban J connectivity index is 0.971. The molecule has 2 N–H and O–H groups in total. The van der Waals surface area contributed by atoms with E-state index in [4.69, 9.17) is 21.1 Å². The second-order valence-corrected chi connectivity index (χ2v) is 12.2. The minimum atomic E-state index is -0.180. The van der Waals surface area contributed by atoms with E-state index in [1.807, 2.05) is 29.9 Å². The van der Waals surface area contributed by atoms with Crippen LogP contribution in [-0.2, 0) is 11.3 Å². The van der Waals surface area contributed by atoms with E-state index in [1.54, 1.807) is 29.5 Å². The molecule has 3 aliphatic rings. The van der Waals surface area contributed by atoms with E-state index in [-0.39, 0.29) is 17.7 Å². The summed E-state index contributed by atoms with van der Waals surface area (Å²) in [6, 6.07) is 7.63. The highest BCUT2D eigenvalue weighted by molar-refractivity contribution is 6.32. The van der Waals surface area contributed by atoms with Crippen LogP contribution in [-0.4, -0.2) is 76.9 Å². The molecule has 13 heteroatoms. The predicted octanol–water partition coefficient (Wildman–Crippen LogP) is 4.44. The van der Waals surface area contributed by atoms with E-state index in [0.717, 1.165) is 50.0 Å². The van der Waals surface area contributed by atoms with Gasteiger partial charge in [0.2, 0.25) is 5.95 Å². The lowest BCUT2D eigenvalue weighted by molar-refractivity contribution is -0.0458. The van der Waals surface area contributed by atoms with Crippen molar-refractivity contribution >= 4 is 23.2 Å². The van der Waals surface area contributed by atoms with Gasteiger partial charge in [-0.3, -0.25) is 19.5 Å². The number of benzene rings is 1. The summed E-state index contributed by atoms with van der Waals surface area (Å²) in [5, 5.41) is 10.7. The third-order valence-corrected chi connectivity index (χ3v) is 9.24. The molecule has 2 saturated heterocycles. The zero-order valence-electron chi connectivity index (χ0n) is 24.1. The number of aromatic nitrogens is 7. The summed E-state index contributed by atoms with van der Waals surface area (Å²) < 4.78 is 15.5. The summed E-state index contributed by atoms with van der Waals surface area (Å²) in [4.78, 5) is 28.4. The van der Waals surface area contributed by atoms with Gasteiger partial charge in [-0.05, 0) is 63.1 Å². The standard InChI is InChI=1S/C30H36ClN9O3/c1-19(13-38-18-32-17-35-38)43-28-10-20(2-9-26(28)31)21-11-33-30(34-12-21)36-27-14-39(37-29(27)41)22-3-5-23(6-4-22)40-24-7-8-25(40)16-42-15-24/h2,9-12,14,17-19,22-25H,3-8,13,15-16H2,1H3,(H,37,41)(H,33,34,36)/t19?,22?,23?,24-,25+. The summed E-state index contributed by atoms with van der Waals surface area (Å²) in [6.07, 6.45) is 15.1. The SMILES string of the molecule is CC(Cn1cncn1)Oc1cc(-c2cnc(Nc3cn(C4CCC(N5[C@@H]6CC[C@H]5COC6)CC4)[nH]c3=O)nc2)ccc1Cl. The lowest BCUT2D eigenvalue weighted by Crippen LogP contribution is -2.52. The fourth-order valence-electron chi connectivity index (χ4n) is 6.86. The van der Waals surface area contributed by atoms with Crippen LogP contribution in [0.3, 0.4) is 0 Å². The Hall–Kier alpha value is -3.74. The first-order chi connectivity index (χ1) is 21.0. The number of nitrogens with zero attached hydrogens (tertiary/aromatic N) is 7. The number of ether oxygens (including phenoxy) is 2. The van der Waals surface area contributed by atoms with Crippen LogP contribution >= 0.6 is 11.6 Å². The van der Waals surface area contributed by atoms with Gasteiger partial charge in [-0.25, -0.2) is 19.6 Å². The molecule has 1 unspecified atom stereocenters. The molecule has 1 aromatic carbocycles. The van der Waals surface area contributed by atoms with E-state index >= 15 is 0 Å². The van der Waals surface area contributed by atoms with Crippen molar-refractivity contribution in [1.82, 2.24) is 39.4 Å². The van der Waals surface area contributed by atoms with Crippen LogP contribution in [0.5, 0.6) is 5.75 Å². The van der Waals surface area contributed by atoms with Gasteiger partial charge in [-0.2, -0.15) is 5.10 Å². The molecule has 0 amide bonds. The highest BCUT2D eigenvalue weighted by atomic mass is 35.5. The van der Waals surface area contributed by atoms with Gasteiger partial charge in [0.05, 0.1) is 37.0 Å². The first-order valence-electron chi connectivity index (χ1n) is 15.0. The van der Waals surface area contributed by atoms with Gasteiger partial charge in [0.15, 0.2) is 0 Å². The maximum atomic E-state index is 12.8. The first kappa shape index (κ1) is 28.1. The Morgan fingerprint density at radius 3 is 2.49 bits per heavy atom. The molecule has 7 rings (SSSR count). The molecule has 3 aromatic heterocycles. The molecular weight excluding hydrogens is 570 g/mol. The normalized spacial score (nSPS) is 24.6. The van der Waals surface area contributed by atoms with Gasteiger partial charge < -0.3 is 14.8 Å². The topological polar surface area (TPSA) is 128 Å². The summed E-state index contributed by atoms with van der Waals surface area (Å²) in [5.74, 6) is 0.915. The Bertz CT molecular complexity index is 1570. The molecule has 4 aromatic rings. The Morgan fingerprint density at radius 2 is 1.77 bits per heavy atom. The molecule has 1 saturated carbocycles. The van der Waals surface area contributed by atoms with Gasteiger partial charge in [0.25, 0.3) is 5.56 Å². The minimum absolute atomic E-state index is 0.169. The average Bonchev–Trinajstić information content (AvgIpc) is 3.72. The van der Waals surface area contributed by atoms with Crippen molar-refractivity contribution in [2.24, 2.45) is 0 Å². The maximum absolute atomic E-state index is 12.8. The molecule has 0 spiro atoms. The van der Waals surface area contributed by atoms with Crippen molar-refractivity contribution in [3.05, 3.63) is 64.8 Å². The van der Waals surface area contributed by atoms with E-state index < -0.39 is 0 Å². The molecule has 43 heavy (non-hydrogen) atoms. The van der Waals surface area contributed by atoms with E-state index in [1.165, 1.54) is 19.2 Å². The summed E-state index contributed by atoms with van der Waals surface area (Å²) in [5.41, 5.74) is 1.92. The van der Waals surface area contributed by atoms with Crippen LogP contribution in [0.25, 0.3) is 11.1 Å². The molecule has 0 radical (unpaired) electrons. The number of rotatable bonds is 9. The van der Waals surface area contributed by atoms with Gasteiger partial charge >= 0.3 is 0 Å². The second-order valence-electron chi connectivity index (χ2n) is 11.8. The lowest BCUT2D eigenvalue weighted by atomic mass is 9.89. The van der Waals surface area contributed by atoms with Crippen LogP contribution in [0.4, 0.5) is 11.6 Å². The highest BCUT2D eigenvalue weighted by Crippen LogP contribution is 2.38. The minimum Gasteiger partial charge on any atom is -0.487 e. The molecule has 12 nitrogen and oxygen atoms in total. The maximum Gasteiger partial charge on any atom is 0.287 e. The van der Waals surface area contributed by atoms with Crippen molar-refractivity contribution < 1.29 is 9.47 Å². The van der Waals surface area contributed by atoms with Gasteiger partial charge in [0, 0.05) is 36.1 Å². The fourth-order valence-corrected chi connectivity index (χ4v) is 7.03. The molecule has 3 atom stereocenters. The second kappa shape index (κ2) is 12.1. The zero-order valence-corrected chi connectivity index (χ0v) is 24.9. The largest absolute Gasteiger partial charge is 0.487 e. The van der Waals surface area contributed by atoms with Crippen LogP contribution in [0.15, 0.2) is 54.2 Å². The summed E-state index contributed by atoms with van der Waals surface area (Å²) in [6.45, 7) is 4.24. The number of hydrogen-bond donors (Lipinski definition) is 2. The highest BCUT2D eigenvalue weighted by Gasteiger charge is 2.42. The molecule has 226 valence electrons. The number of H-pyrrole nitrogens is 1. The van der Waals surface area contributed by atoms with E-state index in [9.17, 15) is 4.79 Å². The van der Waals surface area contributed by atoms with Gasteiger partial charge in [-0.1, -0.05) is 17.7 Å². The van der Waals surface area contributed by atoms with Crippen LogP contribution < -0.4 is 15.6 Å². The Labute approximate surface area is 254 Å². The lowest BCUT2D eigenvalue weighted by Gasteiger charge is -2.43. The van der Waals surface area contributed by atoms with Crippen molar-refractivity contribution in [1.29, 1.82) is 0 Å². The zero-order chi connectivity index (χ0) is 29.3. The van der Waals surface area contributed by atoms with Crippen LogP contribution in [0.2, 0.25) is 5.02 Å². The number of hydrogen-bond acceptors (Lipinski definition) is 9. The number of fused-ring (bicyclic) bond motifs is 2. The van der Waals surface area contributed by atoms with Crippen molar-refractivity contribution in [2.75, 3.05) is 18.5 Å². The molecule has 2 aliphatic heterocycles. The number of anilines is 2. The molecule has 3 fully saturated rings. The van der Waals surface area contributed by atoms with Gasteiger partial charge in [-0.15, -0.1) is 0 Å². The van der Waals surface area contributed by atoms with E-state index in [2.05, 4.69) is 35.4 Å². The first-order valence-corrected chi connectivity index (χ1v) is 15.4. The summed E-state index contributed by atoms with van der Waals surface area (Å²) in [7, 11) is 0. The Morgan fingerprint density at radius 1 is 1.05 bits per heavy atom. The van der Waals surface area contributed by atoms with Crippen LogP contribution in [0, 0.1) is 0 Å². The molecule has 2 bridgehead atoms.